The second-order valence-electron chi connectivity index (χ2n) is 8.27. The van der Waals surface area contributed by atoms with Crippen LogP contribution in [0.1, 0.15) is 36.5 Å². The predicted octanol–water partition coefficient (Wildman–Crippen LogP) is -0.233. The van der Waals surface area contributed by atoms with Gasteiger partial charge in [-0.2, -0.15) is 5.10 Å². The molecule has 3 aromatic heterocycles. The van der Waals surface area contributed by atoms with Crippen LogP contribution >= 0.6 is 0 Å². The first kappa shape index (κ1) is 21.6. The molecular formula is C20H27N10O2+. The molecular weight excluding hydrogens is 412 g/mol. The molecule has 0 saturated carbocycles. The molecule has 0 atom stereocenters. The van der Waals surface area contributed by atoms with Gasteiger partial charge in [-0.25, -0.2) is 15.4 Å². The van der Waals surface area contributed by atoms with Gasteiger partial charge >= 0.3 is 0 Å². The van der Waals surface area contributed by atoms with E-state index in [9.17, 15) is 9.59 Å². The summed E-state index contributed by atoms with van der Waals surface area (Å²) in [5, 5.41) is 7.26. The Balaban J connectivity index is 1.54. The zero-order chi connectivity index (χ0) is 22.9. The van der Waals surface area contributed by atoms with Crippen LogP contribution in [0.4, 0.5) is 11.5 Å². The monoisotopic (exact) mass is 439 g/mol. The van der Waals surface area contributed by atoms with Crippen LogP contribution in [0.3, 0.4) is 0 Å². The molecule has 0 aliphatic carbocycles. The molecule has 0 aromatic carbocycles. The smallest absolute Gasteiger partial charge is 0.274 e. The van der Waals surface area contributed by atoms with Crippen molar-refractivity contribution in [2.75, 3.05) is 16.8 Å². The standard InChI is InChI=1S/C20H26N10O2/c1-20(2)7-8-30(19(20)32)17-15(11-28(3)26-17)25-18(31)14-5-4-6-16(24-14)29-10-13(22-12-29)9-23-27-21/h4-6,10-12,23,27H,7-9,21H2,1-3H3,(H,25,31)/p+1. The zero-order valence-corrected chi connectivity index (χ0v) is 18.3. The van der Waals surface area contributed by atoms with Gasteiger partial charge in [0.25, 0.3) is 5.91 Å². The minimum Gasteiger partial charge on any atom is -0.316 e. The molecule has 1 saturated heterocycles. The largest absolute Gasteiger partial charge is 0.316 e. The van der Waals surface area contributed by atoms with Crippen LogP contribution in [0.5, 0.6) is 0 Å². The van der Waals surface area contributed by atoms with Gasteiger partial charge in [-0.1, -0.05) is 19.9 Å². The van der Waals surface area contributed by atoms with E-state index in [2.05, 4.69) is 37.2 Å². The highest BCUT2D eigenvalue weighted by Crippen LogP contribution is 2.36. The summed E-state index contributed by atoms with van der Waals surface area (Å²) >= 11 is 0. The average Bonchev–Trinajstić information content (AvgIpc) is 3.45. The molecule has 1 aliphatic heterocycles. The van der Waals surface area contributed by atoms with Crippen LogP contribution in [0, 0.1) is 5.41 Å². The fourth-order valence-corrected chi connectivity index (χ4v) is 3.54. The maximum absolute atomic E-state index is 13.0. The number of pyridine rings is 1. The summed E-state index contributed by atoms with van der Waals surface area (Å²) in [6, 6.07) is 5.17. The van der Waals surface area contributed by atoms with E-state index in [1.54, 1.807) is 51.9 Å². The van der Waals surface area contributed by atoms with Crippen LogP contribution in [0.25, 0.3) is 5.82 Å². The highest BCUT2D eigenvalue weighted by Gasteiger charge is 2.41. The number of rotatable bonds is 7. The average molecular weight is 440 g/mol. The van der Waals surface area contributed by atoms with Crippen molar-refractivity contribution in [2.45, 2.75) is 26.8 Å². The van der Waals surface area contributed by atoms with Gasteiger partial charge in [0.2, 0.25) is 5.91 Å². The Morgan fingerprint density at radius 1 is 1.28 bits per heavy atom. The van der Waals surface area contributed by atoms with E-state index in [0.29, 0.717) is 30.4 Å². The number of anilines is 2. The van der Waals surface area contributed by atoms with Crippen LogP contribution < -0.4 is 27.0 Å². The maximum atomic E-state index is 13.0. The molecule has 1 fully saturated rings. The van der Waals surface area contributed by atoms with Gasteiger partial charge in [-0.3, -0.25) is 29.6 Å². The van der Waals surface area contributed by atoms with Gasteiger partial charge in [0.1, 0.15) is 23.5 Å². The first-order chi connectivity index (χ1) is 15.3. The number of hydrogen-bond acceptors (Lipinski definition) is 7. The van der Waals surface area contributed by atoms with E-state index < -0.39 is 11.3 Å². The Morgan fingerprint density at radius 3 is 2.81 bits per heavy atom. The van der Waals surface area contributed by atoms with Crippen molar-refractivity contribution in [3.63, 3.8) is 0 Å². The number of quaternary nitrogens is 1. The minimum atomic E-state index is -0.447. The van der Waals surface area contributed by atoms with E-state index in [0.717, 1.165) is 12.1 Å². The number of imidazole rings is 1. The minimum absolute atomic E-state index is 0.00808. The summed E-state index contributed by atoms with van der Waals surface area (Å²) in [4.78, 5) is 36.1. The van der Waals surface area contributed by atoms with Crippen LogP contribution in [-0.4, -0.2) is 42.7 Å². The molecule has 12 heteroatoms. The van der Waals surface area contributed by atoms with Gasteiger partial charge in [-0.05, 0) is 18.6 Å². The van der Waals surface area contributed by atoms with Crippen LogP contribution in [0.15, 0.2) is 36.9 Å². The first-order valence-electron chi connectivity index (χ1n) is 10.2. The summed E-state index contributed by atoms with van der Waals surface area (Å²) in [5.41, 5.74) is 6.50. The molecule has 1 aliphatic rings. The van der Waals surface area contributed by atoms with Crippen molar-refractivity contribution in [1.29, 1.82) is 0 Å². The number of hydrazine groups is 1. The predicted molar refractivity (Wildman–Crippen MR) is 116 cm³/mol. The number of aryl methyl sites for hydroxylation is 1. The topological polar surface area (TPSA) is 150 Å². The number of hydrogen-bond donors (Lipinski definition) is 4. The zero-order valence-electron chi connectivity index (χ0n) is 18.3. The molecule has 32 heavy (non-hydrogen) atoms. The molecule has 0 unspecified atom stereocenters. The van der Waals surface area contributed by atoms with Gasteiger partial charge < -0.3 is 5.32 Å². The second-order valence-corrected chi connectivity index (χ2v) is 8.27. The number of nitrogens with zero attached hydrogens (tertiary/aromatic N) is 6. The molecule has 6 N–H and O–H groups in total. The van der Waals surface area contributed by atoms with E-state index in [1.165, 1.54) is 0 Å². The van der Waals surface area contributed by atoms with E-state index in [-0.39, 0.29) is 11.6 Å². The molecule has 3 aromatic rings. The van der Waals surface area contributed by atoms with Gasteiger partial charge in [0.15, 0.2) is 5.82 Å². The van der Waals surface area contributed by atoms with Crippen molar-refractivity contribution < 1.29 is 15.4 Å². The lowest BCUT2D eigenvalue weighted by atomic mass is 9.92. The third kappa shape index (κ3) is 4.23. The Labute approximate surface area is 184 Å². The molecule has 168 valence electrons. The SMILES string of the molecule is Cn1cc(NC(=O)c2cccc(-n3cnc(CNN[NH3+])c3)n2)c(N2CCC(C)(C)C2=O)n1. The summed E-state index contributed by atoms with van der Waals surface area (Å²) < 4.78 is 3.31. The number of carbonyl (C=O) groups excluding carboxylic acids is 2. The van der Waals surface area contributed by atoms with E-state index in [4.69, 9.17) is 0 Å². The molecule has 4 rings (SSSR count). The molecule has 4 heterocycles. The Kier molecular flexibility index (Phi) is 5.74. The summed E-state index contributed by atoms with van der Waals surface area (Å²) in [5.74, 6) is 4.09. The van der Waals surface area contributed by atoms with Crippen LogP contribution in [0.2, 0.25) is 0 Å². The fourth-order valence-electron chi connectivity index (χ4n) is 3.54. The summed E-state index contributed by atoms with van der Waals surface area (Å²) in [6.07, 6.45) is 5.85. The second kappa shape index (κ2) is 8.49. The van der Waals surface area contributed by atoms with Crippen molar-refractivity contribution >= 4 is 23.3 Å². The Morgan fingerprint density at radius 2 is 2.09 bits per heavy atom. The number of carbonyl (C=O) groups is 2. The summed E-state index contributed by atoms with van der Waals surface area (Å²) in [6.45, 7) is 4.88. The molecule has 12 nitrogen and oxygen atoms in total. The Hall–Kier alpha value is -3.61. The van der Waals surface area contributed by atoms with Crippen LogP contribution in [-0.2, 0) is 18.4 Å². The first-order valence-corrected chi connectivity index (χ1v) is 10.2. The fraction of sp³-hybridized carbons (Fsp3) is 0.350. The highest BCUT2D eigenvalue weighted by atomic mass is 16.2. The molecule has 0 radical (unpaired) electrons. The van der Waals surface area contributed by atoms with Gasteiger partial charge in [-0.15, -0.1) is 5.53 Å². The maximum Gasteiger partial charge on any atom is 0.274 e. The summed E-state index contributed by atoms with van der Waals surface area (Å²) in [7, 11) is 1.75. The van der Waals surface area contributed by atoms with Gasteiger partial charge in [0, 0.05) is 25.2 Å². The lowest BCUT2D eigenvalue weighted by Crippen LogP contribution is -2.70. The van der Waals surface area contributed by atoms with Crippen molar-refractivity contribution in [2.24, 2.45) is 12.5 Å². The number of amides is 2. The van der Waals surface area contributed by atoms with Crippen molar-refractivity contribution in [3.05, 3.63) is 48.3 Å². The third-order valence-electron chi connectivity index (χ3n) is 5.36. The lowest BCUT2D eigenvalue weighted by molar-refractivity contribution is -0.457. The number of nitrogens with one attached hydrogen (secondary N) is 3. The van der Waals surface area contributed by atoms with E-state index in [1.807, 2.05) is 20.0 Å². The highest BCUT2D eigenvalue weighted by molar-refractivity contribution is 6.07. The van der Waals surface area contributed by atoms with Gasteiger partial charge in [0.05, 0.1) is 18.4 Å². The van der Waals surface area contributed by atoms with E-state index >= 15 is 0 Å². The third-order valence-corrected chi connectivity index (χ3v) is 5.36. The molecule has 2 amide bonds. The Bertz CT molecular complexity index is 1150. The number of aromatic nitrogens is 5. The van der Waals surface area contributed by atoms with Crippen molar-refractivity contribution in [1.82, 2.24) is 35.3 Å². The van der Waals surface area contributed by atoms with Crippen molar-refractivity contribution in [3.8, 4) is 5.82 Å². The quantitative estimate of drug-likeness (QED) is 0.371. The lowest BCUT2D eigenvalue weighted by Gasteiger charge is -2.18. The molecule has 0 bridgehead atoms. The normalized spacial score (nSPS) is 15.4. The molecule has 0 spiro atoms.